The molecule has 4 aromatic rings. The third-order valence-corrected chi connectivity index (χ3v) is 6.42. The molecule has 0 aliphatic carbocycles. The van der Waals surface area contributed by atoms with Crippen LogP contribution in [0, 0.1) is 13.8 Å². The number of nitrogens with one attached hydrogen (secondary N) is 1. The Hall–Kier alpha value is -2.98. The summed E-state index contributed by atoms with van der Waals surface area (Å²) in [4.78, 5) is 0. The van der Waals surface area contributed by atoms with E-state index < -0.39 is 0 Å². The average molecular weight is 384 g/mol. The maximum Gasteiger partial charge on any atom is 0.126 e. The first kappa shape index (κ1) is 17.1. The summed E-state index contributed by atoms with van der Waals surface area (Å²) in [5.74, 6) is 0. The highest BCUT2D eigenvalue weighted by Gasteiger charge is 2.26. The van der Waals surface area contributed by atoms with Crippen LogP contribution in [0.4, 0.5) is 0 Å². The van der Waals surface area contributed by atoms with Crippen LogP contribution in [0.2, 0.25) is 0 Å². The van der Waals surface area contributed by atoms with E-state index >= 15 is 0 Å². The van der Waals surface area contributed by atoms with E-state index in [9.17, 15) is 0 Å². The lowest BCUT2D eigenvalue weighted by Crippen LogP contribution is -2.08. The number of hydrogen-bond acceptors (Lipinski definition) is 3. The molecule has 138 valence electrons. The van der Waals surface area contributed by atoms with Gasteiger partial charge in [0.05, 0.1) is 0 Å². The van der Waals surface area contributed by atoms with Gasteiger partial charge in [0.2, 0.25) is 0 Å². The Bertz CT molecular complexity index is 1190. The highest BCUT2D eigenvalue weighted by molar-refractivity contribution is 8.14. The van der Waals surface area contributed by atoms with Crippen molar-refractivity contribution < 1.29 is 0 Å². The fourth-order valence-electron chi connectivity index (χ4n) is 3.89. The SMILES string of the molecule is Cc1cc([C@@H]2NN=C(c3ccccc3)S2)c(C)n1-c1ccc2ccccc2c1. The summed E-state index contributed by atoms with van der Waals surface area (Å²) in [5.41, 5.74) is 9.45. The molecule has 0 radical (unpaired) electrons. The smallest absolute Gasteiger partial charge is 0.126 e. The van der Waals surface area contributed by atoms with Crippen molar-refractivity contribution in [1.82, 2.24) is 9.99 Å². The lowest BCUT2D eigenvalue weighted by atomic mass is 10.1. The molecule has 3 aromatic carbocycles. The topological polar surface area (TPSA) is 29.3 Å². The van der Waals surface area contributed by atoms with Crippen LogP contribution in [-0.4, -0.2) is 9.61 Å². The Balaban J connectivity index is 1.48. The summed E-state index contributed by atoms with van der Waals surface area (Å²) in [6.07, 6.45) is 0. The van der Waals surface area contributed by atoms with Crippen molar-refractivity contribution in [3.63, 3.8) is 0 Å². The van der Waals surface area contributed by atoms with E-state index in [-0.39, 0.29) is 5.37 Å². The van der Waals surface area contributed by atoms with Crippen molar-refractivity contribution in [1.29, 1.82) is 0 Å². The van der Waals surface area contributed by atoms with Crippen LogP contribution in [0.1, 0.15) is 27.9 Å². The first-order valence-corrected chi connectivity index (χ1v) is 10.3. The molecule has 28 heavy (non-hydrogen) atoms. The molecule has 1 atom stereocenters. The van der Waals surface area contributed by atoms with Gasteiger partial charge >= 0.3 is 0 Å². The van der Waals surface area contributed by atoms with Crippen LogP contribution in [0.25, 0.3) is 16.5 Å². The van der Waals surface area contributed by atoms with Gasteiger partial charge in [-0.15, -0.1) is 0 Å². The standard InChI is InChI=1S/C24H21N3S/c1-16-14-22(24-26-25-23(28-24)19-9-4-3-5-10-19)17(2)27(16)21-13-12-18-8-6-7-11-20(18)15-21/h3-15,24,26H,1-2H3/t24-/m1/s1. The van der Waals surface area contributed by atoms with Crippen molar-refractivity contribution >= 4 is 27.6 Å². The number of fused-ring (bicyclic) bond motifs is 1. The van der Waals surface area contributed by atoms with Crippen LogP contribution in [0.15, 0.2) is 84.0 Å². The average Bonchev–Trinajstić information content (AvgIpc) is 3.33. The predicted octanol–water partition coefficient (Wildman–Crippen LogP) is 5.94. The molecule has 0 unspecified atom stereocenters. The molecule has 1 aliphatic rings. The monoisotopic (exact) mass is 383 g/mol. The minimum atomic E-state index is 0.135. The number of thioether (sulfide) groups is 1. The number of hydrogen-bond donors (Lipinski definition) is 1. The molecule has 2 heterocycles. The second kappa shape index (κ2) is 6.88. The first-order valence-electron chi connectivity index (χ1n) is 9.44. The zero-order chi connectivity index (χ0) is 19.1. The predicted molar refractivity (Wildman–Crippen MR) is 119 cm³/mol. The highest BCUT2D eigenvalue weighted by Crippen LogP contribution is 2.37. The summed E-state index contributed by atoms with van der Waals surface area (Å²) in [6.45, 7) is 4.37. The van der Waals surface area contributed by atoms with Crippen LogP contribution >= 0.6 is 11.8 Å². The number of benzene rings is 3. The third kappa shape index (κ3) is 2.90. The highest BCUT2D eigenvalue weighted by atomic mass is 32.2. The second-order valence-electron chi connectivity index (χ2n) is 7.10. The van der Waals surface area contributed by atoms with Crippen molar-refractivity contribution in [2.45, 2.75) is 19.2 Å². The second-order valence-corrected chi connectivity index (χ2v) is 8.20. The fourth-order valence-corrected chi connectivity index (χ4v) is 4.97. The zero-order valence-electron chi connectivity index (χ0n) is 15.9. The number of aromatic nitrogens is 1. The van der Waals surface area contributed by atoms with Crippen molar-refractivity contribution in [2.24, 2.45) is 5.10 Å². The molecule has 0 fully saturated rings. The minimum Gasteiger partial charge on any atom is -0.318 e. The molecule has 1 aliphatic heterocycles. The summed E-state index contributed by atoms with van der Waals surface area (Å²) in [5, 5.41) is 8.28. The van der Waals surface area contributed by atoms with Crippen molar-refractivity contribution in [3.05, 3.63) is 101 Å². The molecule has 5 rings (SSSR count). The van der Waals surface area contributed by atoms with Gasteiger partial charge in [-0.3, -0.25) is 5.43 Å². The van der Waals surface area contributed by atoms with Crippen LogP contribution < -0.4 is 5.43 Å². The van der Waals surface area contributed by atoms with Gasteiger partial charge < -0.3 is 4.57 Å². The molecule has 1 N–H and O–H groups in total. The van der Waals surface area contributed by atoms with Gasteiger partial charge in [0, 0.05) is 28.2 Å². The van der Waals surface area contributed by atoms with E-state index in [2.05, 4.69) is 102 Å². The Morgan fingerprint density at radius 1 is 0.857 bits per heavy atom. The van der Waals surface area contributed by atoms with E-state index in [4.69, 9.17) is 0 Å². The Morgan fingerprint density at radius 2 is 1.61 bits per heavy atom. The Morgan fingerprint density at radius 3 is 2.43 bits per heavy atom. The maximum absolute atomic E-state index is 4.58. The van der Waals surface area contributed by atoms with Crippen LogP contribution in [0.5, 0.6) is 0 Å². The van der Waals surface area contributed by atoms with E-state index in [1.807, 2.05) is 6.07 Å². The molecule has 0 bridgehead atoms. The maximum atomic E-state index is 4.58. The van der Waals surface area contributed by atoms with Crippen molar-refractivity contribution in [2.75, 3.05) is 0 Å². The van der Waals surface area contributed by atoms with Crippen LogP contribution in [-0.2, 0) is 0 Å². The normalized spacial score (nSPS) is 16.2. The number of hydrazone groups is 1. The summed E-state index contributed by atoms with van der Waals surface area (Å²) < 4.78 is 2.34. The van der Waals surface area contributed by atoms with Crippen LogP contribution in [0.3, 0.4) is 0 Å². The minimum absolute atomic E-state index is 0.135. The Labute approximate surface area is 169 Å². The quantitative estimate of drug-likeness (QED) is 0.474. The molecular formula is C24H21N3S. The number of aryl methyl sites for hydroxylation is 1. The Kier molecular flexibility index (Phi) is 4.21. The largest absolute Gasteiger partial charge is 0.318 e. The molecule has 0 saturated carbocycles. The first-order chi connectivity index (χ1) is 13.7. The van der Waals surface area contributed by atoms with Gasteiger partial charge in [-0.2, -0.15) is 5.10 Å². The molecule has 0 amide bonds. The fraction of sp³-hybridized carbons (Fsp3) is 0.125. The van der Waals surface area contributed by atoms with E-state index in [0.29, 0.717) is 0 Å². The number of nitrogens with zero attached hydrogens (tertiary/aromatic N) is 2. The molecule has 0 saturated heterocycles. The summed E-state index contributed by atoms with van der Waals surface area (Å²) >= 11 is 1.78. The molecular weight excluding hydrogens is 362 g/mol. The summed E-state index contributed by atoms with van der Waals surface area (Å²) in [6, 6.07) is 27.8. The van der Waals surface area contributed by atoms with Gasteiger partial charge in [-0.1, -0.05) is 72.4 Å². The van der Waals surface area contributed by atoms with Gasteiger partial charge in [-0.25, -0.2) is 0 Å². The lowest BCUT2D eigenvalue weighted by Gasteiger charge is -2.13. The zero-order valence-corrected chi connectivity index (χ0v) is 16.7. The lowest BCUT2D eigenvalue weighted by molar-refractivity contribution is 0.737. The van der Waals surface area contributed by atoms with Gasteiger partial charge in [0.25, 0.3) is 0 Å². The third-order valence-electron chi connectivity index (χ3n) is 5.28. The molecule has 0 spiro atoms. The number of rotatable bonds is 3. The molecule has 4 heteroatoms. The van der Waals surface area contributed by atoms with E-state index in [1.54, 1.807) is 11.8 Å². The van der Waals surface area contributed by atoms with Gasteiger partial charge in [0.15, 0.2) is 0 Å². The van der Waals surface area contributed by atoms with Crippen molar-refractivity contribution in [3.8, 4) is 5.69 Å². The van der Waals surface area contributed by atoms with Gasteiger partial charge in [-0.05, 0) is 42.8 Å². The molecule has 3 nitrogen and oxygen atoms in total. The molecule has 1 aromatic heterocycles. The summed E-state index contributed by atoms with van der Waals surface area (Å²) in [7, 11) is 0. The van der Waals surface area contributed by atoms with E-state index in [0.717, 1.165) is 10.6 Å². The van der Waals surface area contributed by atoms with E-state index in [1.165, 1.54) is 33.4 Å². The van der Waals surface area contributed by atoms with Gasteiger partial charge in [0.1, 0.15) is 10.4 Å².